The highest BCUT2D eigenvalue weighted by molar-refractivity contribution is 9.10. The lowest BCUT2D eigenvalue weighted by molar-refractivity contribution is 1.23. The summed E-state index contributed by atoms with van der Waals surface area (Å²) < 4.78 is 0.913. The number of hydrogen-bond acceptors (Lipinski definition) is 3. The van der Waals surface area contributed by atoms with Gasteiger partial charge in [0.2, 0.25) is 0 Å². The number of nitrogens with zero attached hydrogens (tertiary/aromatic N) is 3. The smallest absolute Gasteiger partial charge is 0.101 e. The molecular formula is C12H6BrN3. The minimum absolute atomic E-state index is 0.221. The number of pyridine rings is 1. The van der Waals surface area contributed by atoms with Crippen molar-refractivity contribution in [2.24, 2.45) is 0 Å². The molecule has 0 atom stereocenters. The van der Waals surface area contributed by atoms with Gasteiger partial charge in [0, 0.05) is 16.1 Å². The van der Waals surface area contributed by atoms with E-state index in [4.69, 9.17) is 10.5 Å². The maximum absolute atomic E-state index is 8.96. The monoisotopic (exact) mass is 271 g/mol. The zero-order chi connectivity index (χ0) is 11.5. The first-order valence-electron chi connectivity index (χ1n) is 4.60. The van der Waals surface area contributed by atoms with Crippen molar-refractivity contribution in [2.75, 3.05) is 0 Å². The summed E-state index contributed by atoms with van der Waals surface area (Å²) in [6.07, 6.45) is 1.74. The van der Waals surface area contributed by atoms with Gasteiger partial charge in [-0.3, -0.25) is 4.98 Å². The molecule has 0 fully saturated rings. The van der Waals surface area contributed by atoms with Crippen LogP contribution in [-0.4, -0.2) is 4.98 Å². The number of rotatable bonds is 1. The summed E-state index contributed by atoms with van der Waals surface area (Å²) in [6, 6.07) is 9.77. The van der Waals surface area contributed by atoms with Crippen molar-refractivity contribution >= 4 is 26.8 Å². The van der Waals surface area contributed by atoms with Crippen molar-refractivity contribution in [3.8, 4) is 12.1 Å². The van der Waals surface area contributed by atoms with Crippen molar-refractivity contribution in [3.63, 3.8) is 0 Å². The molecular weight excluding hydrogens is 266 g/mol. The quantitative estimate of drug-likeness (QED) is 0.801. The molecule has 0 N–H and O–H groups in total. The second-order valence-corrected chi connectivity index (χ2v) is 4.17. The molecule has 0 bridgehead atoms. The fourth-order valence-electron chi connectivity index (χ4n) is 1.59. The van der Waals surface area contributed by atoms with Gasteiger partial charge in [0.1, 0.15) is 6.07 Å². The highest BCUT2D eigenvalue weighted by Gasteiger charge is 2.08. The molecule has 3 nitrogen and oxygen atoms in total. The van der Waals surface area contributed by atoms with Crippen LogP contribution in [0.4, 0.5) is 0 Å². The predicted molar refractivity (Wildman–Crippen MR) is 63.5 cm³/mol. The van der Waals surface area contributed by atoms with Gasteiger partial charge in [0.05, 0.1) is 23.6 Å². The molecule has 0 aliphatic rings. The minimum Gasteiger partial charge on any atom is -0.255 e. The van der Waals surface area contributed by atoms with Crippen LogP contribution in [-0.2, 0) is 6.42 Å². The van der Waals surface area contributed by atoms with E-state index in [1.165, 1.54) is 6.20 Å². The molecule has 0 aliphatic heterocycles. The van der Waals surface area contributed by atoms with Gasteiger partial charge in [-0.15, -0.1) is 0 Å². The van der Waals surface area contributed by atoms with Crippen LogP contribution in [0.25, 0.3) is 10.9 Å². The van der Waals surface area contributed by atoms with E-state index in [0.717, 1.165) is 20.9 Å². The Morgan fingerprint density at radius 3 is 2.81 bits per heavy atom. The van der Waals surface area contributed by atoms with Crippen LogP contribution in [0.3, 0.4) is 0 Å². The van der Waals surface area contributed by atoms with Crippen LogP contribution in [0.1, 0.15) is 11.1 Å². The average Bonchev–Trinajstić information content (AvgIpc) is 2.30. The SMILES string of the molecule is N#CCc1c(C#N)cnc2ccc(Br)cc12. The highest BCUT2D eigenvalue weighted by Crippen LogP contribution is 2.24. The van der Waals surface area contributed by atoms with E-state index in [2.05, 4.69) is 33.1 Å². The van der Waals surface area contributed by atoms with Crippen LogP contribution in [0.15, 0.2) is 28.9 Å². The number of nitriles is 2. The first-order valence-corrected chi connectivity index (χ1v) is 5.39. The summed E-state index contributed by atoms with van der Waals surface area (Å²) in [5.74, 6) is 0. The fraction of sp³-hybridized carbons (Fsp3) is 0.0833. The summed E-state index contributed by atoms with van der Waals surface area (Å²) in [4.78, 5) is 4.18. The summed E-state index contributed by atoms with van der Waals surface area (Å²) >= 11 is 3.37. The van der Waals surface area contributed by atoms with Crippen LogP contribution >= 0.6 is 15.9 Å². The Kier molecular flexibility index (Phi) is 2.85. The first kappa shape index (κ1) is 10.6. The molecule has 16 heavy (non-hydrogen) atoms. The van der Waals surface area contributed by atoms with Crippen LogP contribution in [0.2, 0.25) is 0 Å². The zero-order valence-electron chi connectivity index (χ0n) is 8.24. The second kappa shape index (κ2) is 4.30. The number of hydrogen-bond donors (Lipinski definition) is 0. The van der Waals surface area contributed by atoms with Crippen LogP contribution in [0, 0.1) is 22.7 Å². The fourth-order valence-corrected chi connectivity index (χ4v) is 1.95. The van der Waals surface area contributed by atoms with Crippen LogP contribution in [0.5, 0.6) is 0 Å². The maximum atomic E-state index is 8.96. The van der Waals surface area contributed by atoms with Gasteiger partial charge in [0.15, 0.2) is 0 Å². The molecule has 0 unspecified atom stereocenters. The Balaban J connectivity index is 2.83. The van der Waals surface area contributed by atoms with Gasteiger partial charge in [-0.2, -0.15) is 10.5 Å². The Labute approximate surface area is 101 Å². The molecule has 4 heteroatoms. The lowest BCUT2D eigenvalue weighted by Gasteiger charge is -2.05. The van der Waals surface area contributed by atoms with E-state index >= 15 is 0 Å². The lowest BCUT2D eigenvalue weighted by Crippen LogP contribution is -1.93. The minimum atomic E-state index is 0.221. The standard InChI is InChI=1S/C12H6BrN3/c13-9-1-2-12-11(5-9)10(3-4-14)8(6-15)7-16-12/h1-2,5,7H,3H2. The van der Waals surface area contributed by atoms with Crippen molar-refractivity contribution < 1.29 is 0 Å². The predicted octanol–water partition coefficient (Wildman–Crippen LogP) is 2.94. The third-order valence-corrected chi connectivity index (χ3v) is 2.81. The molecule has 1 heterocycles. The van der Waals surface area contributed by atoms with Gasteiger partial charge < -0.3 is 0 Å². The summed E-state index contributed by atoms with van der Waals surface area (Å²) in [6.45, 7) is 0. The lowest BCUT2D eigenvalue weighted by atomic mass is 10.0. The zero-order valence-corrected chi connectivity index (χ0v) is 9.82. The molecule has 0 amide bonds. The molecule has 0 spiro atoms. The molecule has 1 aromatic heterocycles. The average molecular weight is 272 g/mol. The van der Waals surface area contributed by atoms with Gasteiger partial charge in [-0.05, 0) is 23.8 Å². The Bertz CT molecular complexity index is 635. The van der Waals surface area contributed by atoms with E-state index in [1.54, 1.807) is 0 Å². The molecule has 1 aromatic carbocycles. The van der Waals surface area contributed by atoms with Crippen molar-refractivity contribution in [1.29, 1.82) is 10.5 Å². The normalized spacial score (nSPS) is 9.69. The maximum Gasteiger partial charge on any atom is 0.101 e. The largest absolute Gasteiger partial charge is 0.255 e. The molecule has 0 saturated carbocycles. The molecule has 2 rings (SSSR count). The Morgan fingerprint density at radius 2 is 2.12 bits per heavy atom. The number of halogens is 1. The molecule has 0 saturated heterocycles. The highest BCUT2D eigenvalue weighted by atomic mass is 79.9. The molecule has 0 aliphatic carbocycles. The van der Waals surface area contributed by atoms with E-state index in [1.807, 2.05) is 18.2 Å². The molecule has 2 aromatic rings. The molecule has 0 radical (unpaired) electrons. The number of fused-ring (bicyclic) bond motifs is 1. The van der Waals surface area contributed by atoms with Gasteiger partial charge >= 0.3 is 0 Å². The topological polar surface area (TPSA) is 60.5 Å². The third kappa shape index (κ3) is 1.76. The summed E-state index contributed by atoms with van der Waals surface area (Å²) in [5.41, 5.74) is 2.01. The van der Waals surface area contributed by atoms with E-state index in [0.29, 0.717) is 5.56 Å². The van der Waals surface area contributed by atoms with Gasteiger partial charge in [0.25, 0.3) is 0 Å². The molecule has 76 valence electrons. The van der Waals surface area contributed by atoms with Gasteiger partial charge in [-0.25, -0.2) is 0 Å². The Morgan fingerprint density at radius 1 is 1.31 bits per heavy atom. The number of aromatic nitrogens is 1. The Hall–Kier alpha value is -1.91. The van der Waals surface area contributed by atoms with Crippen molar-refractivity contribution in [2.45, 2.75) is 6.42 Å². The van der Waals surface area contributed by atoms with E-state index < -0.39 is 0 Å². The van der Waals surface area contributed by atoms with Crippen molar-refractivity contribution in [3.05, 3.63) is 40.0 Å². The van der Waals surface area contributed by atoms with Crippen molar-refractivity contribution in [1.82, 2.24) is 4.98 Å². The van der Waals surface area contributed by atoms with Gasteiger partial charge in [-0.1, -0.05) is 15.9 Å². The summed E-state index contributed by atoms with van der Waals surface area (Å²) in [5, 5.41) is 18.6. The first-order chi connectivity index (χ1) is 7.76. The summed E-state index contributed by atoms with van der Waals surface area (Å²) in [7, 11) is 0. The number of benzene rings is 1. The van der Waals surface area contributed by atoms with E-state index in [9.17, 15) is 0 Å². The second-order valence-electron chi connectivity index (χ2n) is 3.26. The van der Waals surface area contributed by atoms with E-state index in [-0.39, 0.29) is 6.42 Å². The van der Waals surface area contributed by atoms with Crippen LogP contribution < -0.4 is 0 Å². The third-order valence-electron chi connectivity index (χ3n) is 2.32.